The first-order valence-electron chi connectivity index (χ1n) is 3.99. The lowest BCUT2D eigenvalue weighted by Crippen LogP contribution is -2.33. The van der Waals surface area contributed by atoms with E-state index in [1.165, 1.54) is 0 Å². The molecule has 1 fully saturated rings. The van der Waals surface area contributed by atoms with Gasteiger partial charge in [-0.05, 0) is 19.4 Å². The standard InChI is InChI=1S/C8H15NO/c1-6(2)8(10)7-4-3-5-9-7/h6-7,9H,3-5H2,1-2H3/t7-/m1/s1. The van der Waals surface area contributed by atoms with Gasteiger partial charge in [0.15, 0.2) is 5.78 Å². The van der Waals surface area contributed by atoms with Crippen molar-refractivity contribution in [2.24, 2.45) is 5.92 Å². The molecule has 1 aliphatic rings. The third kappa shape index (κ3) is 1.57. The molecule has 58 valence electrons. The second-order valence-corrected chi connectivity index (χ2v) is 3.21. The predicted octanol–water partition coefficient (Wildman–Crippen LogP) is 0.964. The van der Waals surface area contributed by atoms with Gasteiger partial charge in [-0.15, -0.1) is 0 Å². The number of carbonyl (C=O) groups excluding carboxylic acids is 1. The number of nitrogens with one attached hydrogen (secondary N) is 1. The van der Waals surface area contributed by atoms with E-state index >= 15 is 0 Å². The number of Topliss-reactive ketones (excluding diaryl/α,β-unsaturated/α-hetero) is 1. The van der Waals surface area contributed by atoms with Crippen LogP contribution in [0.2, 0.25) is 0 Å². The molecule has 0 aromatic heterocycles. The lowest BCUT2D eigenvalue weighted by molar-refractivity contribution is -0.123. The summed E-state index contributed by atoms with van der Waals surface area (Å²) in [5.41, 5.74) is 0. The summed E-state index contributed by atoms with van der Waals surface area (Å²) < 4.78 is 0. The third-order valence-electron chi connectivity index (χ3n) is 1.97. The topological polar surface area (TPSA) is 29.1 Å². The molecule has 0 spiro atoms. The normalized spacial score (nSPS) is 25.7. The largest absolute Gasteiger partial charge is 0.307 e. The van der Waals surface area contributed by atoms with E-state index in [0.29, 0.717) is 5.78 Å². The summed E-state index contributed by atoms with van der Waals surface area (Å²) in [7, 11) is 0. The number of hydrogen-bond acceptors (Lipinski definition) is 2. The summed E-state index contributed by atoms with van der Waals surface area (Å²) in [6.07, 6.45) is 2.19. The van der Waals surface area contributed by atoms with E-state index in [2.05, 4.69) is 5.32 Å². The molecule has 0 bridgehead atoms. The maximum atomic E-state index is 11.3. The number of carbonyl (C=O) groups is 1. The van der Waals surface area contributed by atoms with E-state index in [0.717, 1.165) is 19.4 Å². The monoisotopic (exact) mass is 141 g/mol. The molecule has 1 saturated heterocycles. The maximum absolute atomic E-state index is 11.3. The van der Waals surface area contributed by atoms with E-state index in [4.69, 9.17) is 0 Å². The Morgan fingerprint density at radius 2 is 2.30 bits per heavy atom. The molecule has 2 nitrogen and oxygen atoms in total. The summed E-state index contributed by atoms with van der Waals surface area (Å²) in [4.78, 5) is 11.3. The van der Waals surface area contributed by atoms with Crippen molar-refractivity contribution in [3.05, 3.63) is 0 Å². The molecule has 0 saturated carbocycles. The minimum Gasteiger partial charge on any atom is -0.307 e. The van der Waals surface area contributed by atoms with E-state index in [-0.39, 0.29) is 12.0 Å². The average molecular weight is 141 g/mol. The molecule has 1 rings (SSSR count). The second-order valence-electron chi connectivity index (χ2n) is 3.21. The zero-order valence-electron chi connectivity index (χ0n) is 6.68. The van der Waals surface area contributed by atoms with Crippen LogP contribution in [-0.4, -0.2) is 18.4 Å². The van der Waals surface area contributed by atoms with E-state index in [1.54, 1.807) is 0 Å². The number of rotatable bonds is 2. The van der Waals surface area contributed by atoms with E-state index in [9.17, 15) is 4.79 Å². The molecule has 0 aromatic carbocycles. The van der Waals surface area contributed by atoms with Gasteiger partial charge in [0.25, 0.3) is 0 Å². The van der Waals surface area contributed by atoms with Crippen molar-refractivity contribution < 1.29 is 4.79 Å². The van der Waals surface area contributed by atoms with Gasteiger partial charge in [-0.2, -0.15) is 0 Å². The van der Waals surface area contributed by atoms with Crippen LogP contribution in [0.5, 0.6) is 0 Å². The number of hydrogen-bond donors (Lipinski definition) is 1. The van der Waals surface area contributed by atoms with Crippen molar-refractivity contribution in [2.45, 2.75) is 32.7 Å². The van der Waals surface area contributed by atoms with Crippen LogP contribution < -0.4 is 5.32 Å². The summed E-state index contributed by atoms with van der Waals surface area (Å²) in [6.45, 7) is 4.94. The van der Waals surface area contributed by atoms with Crippen molar-refractivity contribution in [3.63, 3.8) is 0 Å². The minimum absolute atomic E-state index is 0.167. The molecule has 2 heteroatoms. The van der Waals surface area contributed by atoms with Crippen molar-refractivity contribution in [3.8, 4) is 0 Å². The van der Waals surface area contributed by atoms with E-state index in [1.807, 2.05) is 13.8 Å². The Hall–Kier alpha value is -0.370. The van der Waals surface area contributed by atoms with E-state index < -0.39 is 0 Å². The zero-order chi connectivity index (χ0) is 7.56. The first-order chi connectivity index (χ1) is 4.72. The summed E-state index contributed by atoms with van der Waals surface area (Å²) in [5, 5.41) is 3.19. The van der Waals surface area contributed by atoms with Crippen LogP contribution in [0.3, 0.4) is 0 Å². The molecule has 0 unspecified atom stereocenters. The van der Waals surface area contributed by atoms with Crippen molar-refractivity contribution in [1.29, 1.82) is 0 Å². The van der Waals surface area contributed by atoms with Crippen LogP contribution in [0.4, 0.5) is 0 Å². The van der Waals surface area contributed by atoms with Crippen molar-refractivity contribution in [1.82, 2.24) is 5.32 Å². The maximum Gasteiger partial charge on any atom is 0.152 e. The van der Waals surface area contributed by atoms with Gasteiger partial charge >= 0.3 is 0 Å². The highest BCUT2D eigenvalue weighted by atomic mass is 16.1. The van der Waals surface area contributed by atoms with Gasteiger partial charge in [-0.1, -0.05) is 13.8 Å². The molecule has 1 heterocycles. The molecule has 1 N–H and O–H groups in total. The predicted molar refractivity (Wildman–Crippen MR) is 40.9 cm³/mol. The Kier molecular flexibility index (Phi) is 2.44. The molecule has 0 amide bonds. The molecule has 10 heavy (non-hydrogen) atoms. The van der Waals surface area contributed by atoms with Gasteiger partial charge in [0.1, 0.15) is 0 Å². The lowest BCUT2D eigenvalue weighted by atomic mass is 10.0. The first-order valence-corrected chi connectivity index (χ1v) is 3.99. The summed E-state index contributed by atoms with van der Waals surface area (Å²) in [5.74, 6) is 0.563. The van der Waals surface area contributed by atoms with Crippen molar-refractivity contribution >= 4 is 5.78 Å². The van der Waals surface area contributed by atoms with Crippen LogP contribution in [0.25, 0.3) is 0 Å². The summed E-state index contributed by atoms with van der Waals surface area (Å²) in [6, 6.07) is 0.167. The highest BCUT2D eigenvalue weighted by Crippen LogP contribution is 2.10. The SMILES string of the molecule is CC(C)C(=O)[C@H]1CCCN1. The van der Waals surface area contributed by atoms with Gasteiger partial charge in [0.05, 0.1) is 6.04 Å². The Labute approximate surface area is 62.0 Å². The smallest absolute Gasteiger partial charge is 0.152 e. The molecule has 1 aliphatic heterocycles. The van der Waals surface area contributed by atoms with Crippen LogP contribution in [0, 0.1) is 5.92 Å². The third-order valence-corrected chi connectivity index (χ3v) is 1.97. The fraction of sp³-hybridized carbons (Fsp3) is 0.875. The van der Waals surface area contributed by atoms with Gasteiger partial charge in [0, 0.05) is 5.92 Å². The fourth-order valence-corrected chi connectivity index (χ4v) is 1.33. The quantitative estimate of drug-likeness (QED) is 0.620. The molecule has 0 aliphatic carbocycles. The van der Waals surface area contributed by atoms with Crippen molar-refractivity contribution in [2.75, 3.05) is 6.54 Å². The van der Waals surface area contributed by atoms with Crippen LogP contribution in [-0.2, 0) is 4.79 Å². The van der Waals surface area contributed by atoms with Crippen LogP contribution in [0.15, 0.2) is 0 Å². The Morgan fingerprint density at radius 1 is 1.60 bits per heavy atom. The molecular formula is C8H15NO. The van der Waals surface area contributed by atoms with Crippen LogP contribution >= 0.6 is 0 Å². The average Bonchev–Trinajstić information content (AvgIpc) is 2.36. The molecule has 1 atom stereocenters. The lowest BCUT2D eigenvalue weighted by Gasteiger charge is -2.10. The molecular weight excluding hydrogens is 126 g/mol. The summed E-state index contributed by atoms with van der Waals surface area (Å²) >= 11 is 0. The molecule has 0 aromatic rings. The van der Waals surface area contributed by atoms with Gasteiger partial charge in [0.2, 0.25) is 0 Å². The Bertz CT molecular complexity index is 125. The van der Waals surface area contributed by atoms with Gasteiger partial charge in [-0.25, -0.2) is 0 Å². The van der Waals surface area contributed by atoms with Gasteiger partial charge in [-0.3, -0.25) is 4.79 Å². The fourth-order valence-electron chi connectivity index (χ4n) is 1.33. The first kappa shape index (κ1) is 7.73. The Balaban J connectivity index is 2.40. The zero-order valence-corrected chi connectivity index (χ0v) is 6.68. The number of ketones is 1. The van der Waals surface area contributed by atoms with Crippen LogP contribution in [0.1, 0.15) is 26.7 Å². The Morgan fingerprint density at radius 3 is 2.70 bits per heavy atom. The highest BCUT2D eigenvalue weighted by molar-refractivity contribution is 5.85. The van der Waals surface area contributed by atoms with Gasteiger partial charge < -0.3 is 5.32 Å². The second kappa shape index (κ2) is 3.15. The molecule has 0 radical (unpaired) electrons. The highest BCUT2D eigenvalue weighted by Gasteiger charge is 2.23. The minimum atomic E-state index is 0.167.